The van der Waals surface area contributed by atoms with Crippen molar-refractivity contribution >= 4 is 16.8 Å². The quantitative estimate of drug-likeness (QED) is 0.556. The van der Waals surface area contributed by atoms with Gasteiger partial charge in [-0.25, -0.2) is 0 Å². The van der Waals surface area contributed by atoms with E-state index in [0.29, 0.717) is 6.61 Å². The number of piperidine rings is 1. The number of hydrogen-bond donors (Lipinski definition) is 0. The van der Waals surface area contributed by atoms with Crippen molar-refractivity contribution in [1.82, 2.24) is 9.88 Å². The summed E-state index contributed by atoms with van der Waals surface area (Å²) in [7, 11) is 0. The first-order valence-corrected chi connectivity index (χ1v) is 12.2. The summed E-state index contributed by atoms with van der Waals surface area (Å²) >= 11 is 0. The van der Waals surface area contributed by atoms with E-state index in [0.717, 1.165) is 62.9 Å². The fourth-order valence-electron chi connectivity index (χ4n) is 5.76. The normalized spacial score (nSPS) is 21.7. The van der Waals surface area contributed by atoms with Crippen molar-refractivity contribution in [1.29, 1.82) is 0 Å². The Balaban J connectivity index is 1.19. The molecule has 1 spiro atoms. The number of carbonyl (C=O) groups is 1. The molecule has 5 nitrogen and oxygen atoms in total. The van der Waals surface area contributed by atoms with E-state index in [1.807, 2.05) is 17.2 Å². The number of aryl methyl sites for hydroxylation is 2. The van der Waals surface area contributed by atoms with Gasteiger partial charge < -0.3 is 14.4 Å². The largest absolute Gasteiger partial charge is 0.487 e. The van der Waals surface area contributed by atoms with Gasteiger partial charge in [-0.05, 0) is 73.1 Å². The van der Waals surface area contributed by atoms with Crippen LogP contribution < -0.4 is 4.74 Å². The molecule has 0 radical (unpaired) electrons. The molecule has 5 heteroatoms. The van der Waals surface area contributed by atoms with E-state index in [1.54, 1.807) is 0 Å². The molecule has 1 atom stereocenters. The Labute approximate surface area is 194 Å². The molecule has 0 saturated carbocycles. The third-order valence-corrected chi connectivity index (χ3v) is 7.77. The molecule has 1 amide bonds. The smallest absolute Gasteiger partial charge is 0.251 e. The predicted octanol–water partition coefficient (Wildman–Crippen LogP) is 5.08. The minimum absolute atomic E-state index is 0.148. The van der Waals surface area contributed by atoms with Crippen LogP contribution in [0.2, 0.25) is 0 Å². The average molecular weight is 443 g/mol. The van der Waals surface area contributed by atoms with Crippen LogP contribution in [0.1, 0.15) is 43.2 Å². The van der Waals surface area contributed by atoms with Gasteiger partial charge in [-0.2, -0.15) is 0 Å². The summed E-state index contributed by atoms with van der Waals surface area (Å²) in [6, 6.07) is 15.0. The molecule has 0 bridgehead atoms. The molecule has 170 valence electrons. The molecule has 6 rings (SSSR count). The molecule has 3 aromatic rings. The van der Waals surface area contributed by atoms with Crippen LogP contribution in [-0.2, 0) is 16.0 Å². The Hall–Kier alpha value is -2.92. The highest BCUT2D eigenvalue weighted by atomic mass is 16.5. The van der Waals surface area contributed by atoms with Gasteiger partial charge >= 0.3 is 0 Å². The van der Waals surface area contributed by atoms with Crippen LogP contribution in [0.25, 0.3) is 22.0 Å². The molecule has 0 N–H and O–H groups in total. The highest BCUT2D eigenvalue weighted by molar-refractivity contribution is 5.88. The first kappa shape index (κ1) is 20.7. The zero-order chi connectivity index (χ0) is 22.4. The number of pyridine rings is 1. The fourth-order valence-corrected chi connectivity index (χ4v) is 5.76. The third-order valence-electron chi connectivity index (χ3n) is 7.77. The van der Waals surface area contributed by atoms with Crippen LogP contribution >= 0.6 is 0 Å². The number of amides is 1. The predicted molar refractivity (Wildman–Crippen MR) is 128 cm³/mol. The van der Waals surface area contributed by atoms with Crippen LogP contribution in [0.5, 0.6) is 5.75 Å². The minimum Gasteiger partial charge on any atom is -0.487 e. The van der Waals surface area contributed by atoms with Crippen molar-refractivity contribution < 1.29 is 14.3 Å². The standard InChI is InChI=1S/C28H30N2O3/c1-19-23(8-6-20-4-2-14-29-26(19)20)21-7-9-24-22(18-21)10-11-28(33-24)12-15-30(16-13-28)27(31)25-5-3-17-32-25/h2,4,6-9,14,18,25H,3,5,10-13,15-17H2,1H3/t25-/m1/s1. The maximum atomic E-state index is 12.7. The number of benzene rings is 2. The lowest BCUT2D eigenvalue weighted by Crippen LogP contribution is -2.52. The van der Waals surface area contributed by atoms with Gasteiger partial charge in [0.1, 0.15) is 17.5 Å². The summed E-state index contributed by atoms with van der Waals surface area (Å²) in [6.45, 7) is 4.39. The topological polar surface area (TPSA) is 51.7 Å². The van der Waals surface area contributed by atoms with Crippen molar-refractivity contribution in [3.05, 3.63) is 59.8 Å². The monoisotopic (exact) mass is 442 g/mol. The number of likely N-dealkylation sites (tertiary alicyclic amines) is 1. The fraction of sp³-hybridized carbons (Fsp3) is 0.429. The van der Waals surface area contributed by atoms with E-state index >= 15 is 0 Å². The van der Waals surface area contributed by atoms with E-state index in [4.69, 9.17) is 9.47 Å². The van der Waals surface area contributed by atoms with Crippen LogP contribution in [0.3, 0.4) is 0 Å². The molecule has 4 heterocycles. The van der Waals surface area contributed by atoms with Crippen molar-refractivity contribution in [3.63, 3.8) is 0 Å². The second kappa shape index (κ2) is 8.14. The second-order valence-electron chi connectivity index (χ2n) is 9.75. The number of ether oxygens (including phenoxy) is 2. The van der Waals surface area contributed by atoms with Crippen LogP contribution in [-0.4, -0.2) is 47.2 Å². The summed E-state index contributed by atoms with van der Waals surface area (Å²) in [5, 5.41) is 1.17. The van der Waals surface area contributed by atoms with Crippen LogP contribution in [0.15, 0.2) is 48.7 Å². The van der Waals surface area contributed by atoms with Gasteiger partial charge in [-0.15, -0.1) is 0 Å². The highest BCUT2D eigenvalue weighted by Crippen LogP contribution is 2.41. The molecule has 2 fully saturated rings. The van der Waals surface area contributed by atoms with Gasteiger partial charge in [-0.1, -0.05) is 24.3 Å². The van der Waals surface area contributed by atoms with Crippen LogP contribution in [0, 0.1) is 6.92 Å². The van der Waals surface area contributed by atoms with Crippen molar-refractivity contribution in [2.75, 3.05) is 19.7 Å². The Morgan fingerprint density at radius 2 is 2.00 bits per heavy atom. The Morgan fingerprint density at radius 1 is 1.12 bits per heavy atom. The first-order chi connectivity index (χ1) is 16.1. The lowest BCUT2D eigenvalue weighted by molar-refractivity contribution is -0.144. The third kappa shape index (κ3) is 3.68. The number of nitrogens with zero attached hydrogens (tertiary/aromatic N) is 2. The summed E-state index contributed by atoms with van der Waals surface area (Å²) < 4.78 is 12.2. The Bertz CT molecular complexity index is 1210. The summed E-state index contributed by atoms with van der Waals surface area (Å²) in [5.41, 5.74) is 5.85. The van der Waals surface area contributed by atoms with E-state index in [9.17, 15) is 4.79 Å². The number of fused-ring (bicyclic) bond motifs is 2. The number of carbonyl (C=O) groups excluding carboxylic acids is 1. The molecule has 2 aromatic carbocycles. The maximum absolute atomic E-state index is 12.7. The lowest BCUT2D eigenvalue weighted by Gasteiger charge is -2.45. The molecule has 1 aromatic heterocycles. The minimum atomic E-state index is -0.223. The van der Waals surface area contributed by atoms with Gasteiger partial charge in [0.05, 0.1) is 5.52 Å². The molecule has 0 unspecified atom stereocenters. The summed E-state index contributed by atoms with van der Waals surface area (Å²) in [5.74, 6) is 1.17. The number of aromatic nitrogens is 1. The zero-order valence-corrected chi connectivity index (χ0v) is 19.2. The molecular weight excluding hydrogens is 412 g/mol. The van der Waals surface area contributed by atoms with E-state index in [-0.39, 0.29) is 17.6 Å². The van der Waals surface area contributed by atoms with Gasteiger partial charge in [-0.3, -0.25) is 9.78 Å². The van der Waals surface area contributed by atoms with E-state index in [1.165, 1.54) is 27.6 Å². The Morgan fingerprint density at radius 3 is 2.82 bits per heavy atom. The molecule has 33 heavy (non-hydrogen) atoms. The van der Waals surface area contributed by atoms with Gasteiger partial charge in [0.15, 0.2) is 0 Å². The maximum Gasteiger partial charge on any atom is 0.251 e. The van der Waals surface area contributed by atoms with E-state index in [2.05, 4.69) is 48.3 Å². The van der Waals surface area contributed by atoms with Crippen LogP contribution in [0.4, 0.5) is 0 Å². The highest BCUT2D eigenvalue weighted by Gasteiger charge is 2.41. The summed E-state index contributed by atoms with van der Waals surface area (Å²) in [4.78, 5) is 19.3. The van der Waals surface area contributed by atoms with Gasteiger partial charge in [0.2, 0.25) is 0 Å². The Kier molecular flexibility index (Phi) is 5.10. The van der Waals surface area contributed by atoms with Crippen molar-refractivity contribution in [2.24, 2.45) is 0 Å². The van der Waals surface area contributed by atoms with Gasteiger partial charge in [0.25, 0.3) is 5.91 Å². The SMILES string of the molecule is Cc1c(-c2ccc3c(c2)CCC2(CCN(C(=O)[C@H]4CCCO4)CC2)O3)ccc2cccnc12. The van der Waals surface area contributed by atoms with Gasteiger partial charge in [0, 0.05) is 44.1 Å². The lowest BCUT2D eigenvalue weighted by atomic mass is 9.82. The van der Waals surface area contributed by atoms with Crippen molar-refractivity contribution in [2.45, 2.75) is 57.2 Å². The summed E-state index contributed by atoms with van der Waals surface area (Å²) in [6.07, 6.45) is 7.28. The van der Waals surface area contributed by atoms with Crippen molar-refractivity contribution in [3.8, 4) is 16.9 Å². The molecule has 3 aliphatic heterocycles. The second-order valence-corrected chi connectivity index (χ2v) is 9.75. The number of rotatable bonds is 2. The average Bonchev–Trinajstić information content (AvgIpc) is 3.40. The molecule has 3 aliphatic rings. The molecular formula is C28H30N2O3. The molecule has 2 saturated heterocycles. The number of hydrogen-bond acceptors (Lipinski definition) is 4. The first-order valence-electron chi connectivity index (χ1n) is 12.2. The van der Waals surface area contributed by atoms with E-state index < -0.39 is 0 Å². The zero-order valence-electron chi connectivity index (χ0n) is 19.2. The molecule has 0 aliphatic carbocycles.